The Morgan fingerprint density at radius 2 is 1.53 bits per heavy atom. The number of hydrogen-bond donors (Lipinski definition) is 0. The molecular formula is C14H27N. The van der Waals surface area contributed by atoms with Crippen molar-refractivity contribution in [1.29, 1.82) is 0 Å². The van der Waals surface area contributed by atoms with E-state index in [4.69, 9.17) is 0 Å². The average molecular weight is 209 g/mol. The van der Waals surface area contributed by atoms with Crippen LogP contribution in [0.15, 0.2) is 0 Å². The second-order valence-corrected chi connectivity index (χ2v) is 6.56. The van der Waals surface area contributed by atoms with Crippen molar-refractivity contribution >= 4 is 0 Å². The summed E-state index contributed by atoms with van der Waals surface area (Å²) in [5.41, 5.74) is 0.386. The zero-order chi connectivity index (χ0) is 10.9. The minimum absolute atomic E-state index is 0.386. The van der Waals surface area contributed by atoms with Gasteiger partial charge in [-0.1, -0.05) is 25.7 Å². The van der Waals surface area contributed by atoms with Gasteiger partial charge in [0.05, 0.1) is 0 Å². The van der Waals surface area contributed by atoms with Crippen LogP contribution < -0.4 is 0 Å². The van der Waals surface area contributed by atoms with Crippen LogP contribution >= 0.6 is 0 Å². The highest BCUT2D eigenvalue weighted by Crippen LogP contribution is 2.36. The first-order chi connectivity index (χ1) is 7.07. The third-order valence-electron chi connectivity index (χ3n) is 4.49. The van der Waals surface area contributed by atoms with Gasteiger partial charge in [-0.05, 0) is 52.0 Å². The molecule has 0 spiro atoms. The van der Waals surface area contributed by atoms with E-state index in [-0.39, 0.29) is 0 Å². The van der Waals surface area contributed by atoms with Crippen LogP contribution in [0.5, 0.6) is 0 Å². The molecule has 0 aromatic rings. The fourth-order valence-corrected chi connectivity index (χ4v) is 3.39. The van der Waals surface area contributed by atoms with Gasteiger partial charge in [0.2, 0.25) is 0 Å². The fraction of sp³-hybridized carbons (Fsp3) is 1.00. The van der Waals surface area contributed by atoms with Crippen LogP contribution in [0.1, 0.15) is 59.3 Å². The van der Waals surface area contributed by atoms with E-state index in [9.17, 15) is 0 Å². The molecular weight excluding hydrogens is 182 g/mol. The van der Waals surface area contributed by atoms with Crippen LogP contribution in [-0.4, -0.2) is 23.5 Å². The molecule has 1 saturated heterocycles. The van der Waals surface area contributed by atoms with E-state index in [1.54, 1.807) is 0 Å². The zero-order valence-corrected chi connectivity index (χ0v) is 10.8. The molecule has 1 heterocycles. The van der Waals surface area contributed by atoms with E-state index in [1.807, 2.05) is 0 Å². The third kappa shape index (κ3) is 2.75. The van der Waals surface area contributed by atoms with Gasteiger partial charge in [-0.3, -0.25) is 4.90 Å². The molecule has 2 unspecified atom stereocenters. The summed E-state index contributed by atoms with van der Waals surface area (Å²) in [7, 11) is 0. The number of rotatable bonds is 0. The van der Waals surface area contributed by atoms with Crippen LogP contribution in [0, 0.1) is 11.8 Å². The molecule has 0 amide bonds. The Morgan fingerprint density at radius 3 is 2.20 bits per heavy atom. The summed E-state index contributed by atoms with van der Waals surface area (Å²) in [6, 6.07) is 0. The SMILES string of the molecule is CC(C)(C)N1CCC2CCCCCC2C1. The Morgan fingerprint density at radius 1 is 0.867 bits per heavy atom. The quantitative estimate of drug-likeness (QED) is 0.588. The predicted octanol–water partition coefficient (Wildman–Crippen LogP) is 3.69. The van der Waals surface area contributed by atoms with E-state index in [2.05, 4.69) is 25.7 Å². The molecule has 15 heavy (non-hydrogen) atoms. The van der Waals surface area contributed by atoms with Crippen LogP contribution in [0.3, 0.4) is 0 Å². The lowest BCUT2D eigenvalue weighted by Gasteiger charge is -2.44. The smallest absolute Gasteiger partial charge is 0.0125 e. The van der Waals surface area contributed by atoms with Gasteiger partial charge in [-0.25, -0.2) is 0 Å². The van der Waals surface area contributed by atoms with Crippen molar-refractivity contribution in [2.45, 2.75) is 64.8 Å². The van der Waals surface area contributed by atoms with E-state index in [0.717, 1.165) is 11.8 Å². The fourth-order valence-electron chi connectivity index (χ4n) is 3.39. The molecule has 2 aliphatic rings. The van der Waals surface area contributed by atoms with Gasteiger partial charge in [-0.15, -0.1) is 0 Å². The lowest BCUT2D eigenvalue weighted by Crippen LogP contribution is -2.49. The van der Waals surface area contributed by atoms with Crippen molar-refractivity contribution in [2.24, 2.45) is 11.8 Å². The number of fused-ring (bicyclic) bond motifs is 1. The second-order valence-electron chi connectivity index (χ2n) is 6.56. The average Bonchev–Trinajstić information content (AvgIpc) is 2.39. The summed E-state index contributed by atoms with van der Waals surface area (Å²) in [4.78, 5) is 2.71. The van der Waals surface area contributed by atoms with Crippen molar-refractivity contribution < 1.29 is 0 Å². The van der Waals surface area contributed by atoms with E-state index < -0.39 is 0 Å². The summed E-state index contributed by atoms with van der Waals surface area (Å²) >= 11 is 0. The molecule has 2 atom stereocenters. The molecule has 0 radical (unpaired) electrons. The summed E-state index contributed by atoms with van der Waals surface area (Å²) in [6.45, 7) is 9.80. The van der Waals surface area contributed by atoms with Gasteiger partial charge < -0.3 is 0 Å². The highest BCUT2D eigenvalue weighted by atomic mass is 15.2. The Balaban J connectivity index is 1.97. The molecule has 0 aromatic carbocycles. The largest absolute Gasteiger partial charge is 0.298 e. The minimum atomic E-state index is 0.386. The first-order valence-corrected chi connectivity index (χ1v) is 6.82. The van der Waals surface area contributed by atoms with Gasteiger partial charge >= 0.3 is 0 Å². The zero-order valence-electron chi connectivity index (χ0n) is 10.8. The van der Waals surface area contributed by atoms with Gasteiger partial charge in [0.1, 0.15) is 0 Å². The number of piperidine rings is 1. The molecule has 0 aromatic heterocycles. The second kappa shape index (κ2) is 4.45. The number of likely N-dealkylation sites (tertiary alicyclic amines) is 1. The van der Waals surface area contributed by atoms with Crippen molar-refractivity contribution in [3.05, 3.63) is 0 Å². The van der Waals surface area contributed by atoms with Crippen molar-refractivity contribution in [1.82, 2.24) is 4.90 Å². The Labute approximate surface area is 95.2 Å². The maximum Gasteiger partial charge on any atom is 0.0125 e. The maximum atomic E-state index is 2.71. The predicted molar refractivity (Wildman–Crippen MR) is 66.0 cm³/mol. The Bertz CT molecular complexity index is 204. The van der Waals surface area contributed by atoms with Crippen LogP contribution in [0.4, 0.5) is 0 Å². The molecule has 88 valence electrons. The molecule has 1 aliphatic carbocycles. The molecule has 1 nitrogen and oxygen atoms in total. The summed E-state index contributed by atoms with van der Waals surface area (Å²) in [5, 5.41) is 0. The Kier molecular flexibility index (Phi) is 3.39. The number of hydrogen-bond acceptors (Lipinski definition) is 1. The van der Waals surface area contributed by atoms with Gasteiger partial charge in [-0.2, -0.15) is 0 Å². The normalized spacial score (nSPS) is 34.6. The standard InChI is InChI=1S/C14H27N/c1-14(2,3)15-10-9-12-7-5-4-6-8-13(12)11-15/h12-13H,4-11H2,1-3H3. The van der Waals surface area contributed by atoms with E-state index >= 15 is 0 Å². The molecule has 1 aliphatic heterocycles. The first-order valence-electron chi connectivity index (χ1n) is 6.82. The van der Waals surface area contributed by atoms with Gasteiger partial charge in [0.25, 0.3) is 0 Å². The lowest BCUT2D eigenvalue weighted by atomic mass is 9.80. The van der Waals surface area contributed by atoms with Gasteiger partial charge in [0.15, 0.2) is 0 Å². The summed E-state index contributed by atoms with van der Waals surface area (Å²) in [6.07, 6.45) is 8.94. The monoisotopic (exact) mass is 209 g/mol. The van der Waals surface area contributed by atoms with Crippen LogP contribution in [-0.2, 0) is 0 Å². The lowest BCUT2D eigenvalue weighted by molar-refractivity contribution is 0.0438. The van der Waals surface area contributed by atoms with E-state index in [1.165, 1.54) is 51.6 Å². The summed E-state index contributed by atoms with van der Waals surface area (Å²) in [5.74, 6) is 2.08. The topological polar surface area (TPSA) is 3.24 Å². The van der Waals surface area contributed by atoms with Gasteiger partial charge in [0, 0.05) is 12.1 Å². The maximum absolute atomic E-state index is 2.71. The molecule has 1 saturated carbocycles. The Hall–Kier alpha value is -0.0400. The molecule has 0 N–H and O–H groups in total. The van der Waals surface area contributed by atoms with E-state index in [0.29, 0.717) is 5.54 Å². The summed E-state index contributed by atoms with van der Waals surface area (Å²) < 4.78 is 0. The van der Waals surface area contributed by atoms with Crippen LogP contribution in [0.25, 0.3) is 0 Å². The van der Waals surface area contributed by atoms with Crippen molar-refractivity contribution in [2.75, 3.05) is 13.1 Å². The third-order valence-corrected chi connectivity index (χ3v) is 4.49. The molecule has 1 heteroatoms. The first kappa shape index (κ1) is 11.4. The van der Waals surface area contributed by atoms with Crippen molar-refractivity contribution in [3.63, 3.8) is 0 Å². The molecule has 0 bridgehead atoms. The highest BCUT2D eigenvalue weighted by molar-refractivity contribution is 4.87. The molecule has 2 fully saturated rings. The highest BCUT2D eigenvalue weighted by Gasteiger charge is 2.33. The van der Waals surface area contributed by atoms with Crippen LogP contribution in [0.2, 0.25) is 0 Å². The van der Waals surface area contributed by atoms with Crippen molar-refractivity contribution in [3.8, 4) is 0 Å². The minimum Gasteiger partial charge on any atom is -0.298 e. The number of nitrogens with zero attached hydrogens (tertiary/aromatic N) is 1. The molecule has 2 rings (SSSR count).